The minimum atomic E-state index is -0.144. The van der Waals surface area contributed by atoms with Crippen molar-refractivity contribution < 1.29 is 5.11 Å². The lowest BCUT2D eigenvalue weighted by Gasteiger charge is -2.24. The molecule has 0 aromatic carbocycles. The van der Waals surface area contributed by atoms with Crippen LogP contribution in [0.2, 0.25) is 0 Å². The van der Waals surface area contributed by atoms with Gasteiger partial charge in [-0.25, -0.2) is 0 Å². The van der Waals surface area contributed by atoms with Gasteiger partial charge >= 0.3 is 0 Å². The molecule has 1 aliphatic rings. The molecule has 1 aliphatic carbocycles. The minimum Gasteiger partial charge on any atom is -0.393 e. The van der Waals surface area contributed by atoms with Crippen LogP contribution < -0.4 is 0 Å². The molecule has 80 valence electrons. The summed E-state index contributed by atoms with van der Waals surface area (Å²) in [6.07, 6.45) is 8.46. The van der Waals surface area contributed by atoms with Crippen molar-refractivity contribution in [3.05, 3.63) is 23.3 Å². The van der Waals surface area contributed by atoms with Crippen LogP contribution in [0.1, 0.15) is 46.5 Å². The smallest absolute Gasteiger partial charge is 0.0605 e. The molecule has 0 spiro atoms. The standard InChI is InChI=1S/C13H22O/c1-10(2)4-9-13(14)12-7-5-11(3)6-8-12/h4-5,12-14H,6-9H2,1-3H3/t12-,13-/m0/s1. The molecule has 0 radical (unpaired) electrons. The van der Waals surface area contributed by atoms with Crippen molar-refractivity contribution in [2.75, 3.05) is 0 Å². The Hall–Kier alpha value is -0.560. The predicted octanol–water partition coefficient (Wildman–Crippen LogP) is 3.45. The van der Waals surface area contributed by atoms with Gasteiger partial charge in [0.05, 0.1) is 6.10 Å². The van der Waals surface area contributed by atoms with E-state index in [0.717, 1.165) is 25.7 Å². The van der Waals surface area contributed by atoms with Gasteiger partial charge in [0, 0.05) is 0 Å². The van der Waals surface area contributed by atoms with Gasteiger partial charge in [-0.15, -0.1) is 0 Å². The third-order valence-electron chi connectivity index (χ3n) is 2.99. The lowest BCUT2D eigenvalue weighted by atomic mass is 9.85. The van der Waals surface area contributed by atoms with Crippen molar-refractivity contribution in [2.45, 2.75) is 52.6 Å². The van der Waals surface area contributed by atoms with E-state index in [2.05, 4.69) is 32.9 Å². The highest BCUT2D eigenvalue weighted by molar-refractivity contribution is 5.04. The van der Waals surface area contributed by atoms with Crippen LogP contribution in [0.3, 0.4) is 0 Å². The van der Waals surface area contributed by atoms with Crippen molar-refractivity contribution >= 4 is 0 Å². The zero-order valence-corrected chi connectivity index (χ0v) is 9.59. The zero-order valence-electron chi connectivity index (χ0n) is 9.59. The van der Waals surface area contributed by atoms with Crippen LogP contribution in [0, 0.1) is 5.92 Å². The van der Waals surface area contributed by atoms with E-state index in [1.807, 2.05) is 0 Å². The summed E-state index contributed by atoms with van der Waals surface area (Å²) in [5.74, 6) is 0.481. The summed E-state index contributed by atoms with van der Waals surface area (Å²) in [7, 11) is 0. The van der Waals surface area contributed by atoms with E-state index in [4.69, 9.17) is 0 Å². The molecule has 1 N–H and O–H groups in total. The van der Waals surface area contributed by atoms with E-state index in [0.29, 0.717) is 5.92 Å². The summed E-state index contributed by atoms with van der Waals surface area (Å²) >= 11 is 0. The second-order valence-corrected chi connectivity index (χ2v) is 4.67. The average Bonchev–Trinajstić information content (AvgIpc) is 2.15. The number of aliphatic hydroxyl groups excluding tert-OH is 1. The van der Waals surface area contributed by atoms with E-state index in [-0.39, 0.29) is 6.10 Å². The molecule has 0 aromatic rings. The molecular weight excluding hydrogens is 172 g/mol. The minimum absolute atomic E-state index is 0.144. The van der Waals surface area contributed by atoms with Gasteiger partial charge in [-0.05, 0) is 52.4 Å². The molecule has 0 aromatic heterocycles. The quantitative estimate of drug-likeness (QED) is 0.682. The van der Waals surface area contributed by atoms with Gasteiger partial charge in [-0.1, -0.05) is 23.3 Å². The first kappa shape index (κ1) is 11.5. The van der Waals surface area contributed by atoms with Gasteiger partial charge in [-0.2, -0.15) is 0 Å². The van der Waals surface area contributed by atoms with Gasteiger partial charge in [0.1, 0.15) is 0 Å². The molecule has 0 saturated carbocycles. The highest BCUT2D eigenvalue weighted by Crippen LogP contribution is 2.27. The maximum Gasteiger partial charge on any atom is 0.0605 e. The second kappa shape index (κ2) is 5.35. The van der Waals surface area contributed by atoms with E-state index < -0.39 is 0 Å². The van der Waals surface area contributed by atoms with E-state index in [1.54, 1.807) is 0 Å². The molecule has 0 aliphatic heterocycles. The number of hydrogen-bond donors (Lipinski definition) is 1. The molecule has 1 heteroatoms. The number of hydrogen-bond acceptors (Lipinski definition) is 1. The fourth-order valence-electron chi connectivity index (χ4n) is 1.88. The number of allylic oxidation sites excluding steroid dienone is 3. The average molecular weight is 194 g/mol. The van der Waals surface area contributed by atoms with Crippen LogP contribution in [-0.2, 0) is 0 Å². The van der Waals surface area contributed by atoms with Gasteiger partial charge in [0.25, 0.3) is 0 Å². The first-order valence-corrected chi connectivity index (χ1v) is 5.56. The number of rotatable bonds is 3. The number of aliphatic hydroxyl groups is 1. The SMILES string of the molecule is CC(C)=CC[C@H](O)[C@H]1CC=C(C)CC1. The lowest BCUT2D eigenvalue weighted by Crippen LogP contribution is -2.21. The zero-order chi connectivity index (χ0) is 10.6. The van der Waals surface area contributed by atoms with E-state index in [1.165, 1.54) is 11.1 Å². The Morgan fingerprint density at radius 2 is 2.36 bits per heavy atom. The van der Waals surface area contributed by atoms with Crippen LogP contribution in [0.5, 0.6) is 0 Å². The van der Waals surface area contributed by atoms with Crippen molar-refractivity contribution in [3.8, 4) is 0 Å². The summed E-state index contributed by atoms with van der Waals surface area (Å²) < 4.78 is 0. The second-order valence-electron chi connectivity index (χ2n) is 4.67. The molecule has 0 bridgehead atoms. The fraction of sp³-hybridized carbons (Fsp3) is 0.692. The van der Waals surface area contributed by atoms with Crippen LogP contribution in [0.4, 0.5) is 0 Å². The third-order valence-corrected chi connectivity index (χ3v) is 2.99. The highest BCUT2D eigenvalue weighted by atomic mass is 16.3. The molecule has 1 nitrogen and oxygen atoms in total. The molecule has 1 rings (SSSR count). The third kappa shape index (κ3) is 3.67. The van der Waals surface area contributed by atoms with Crippen LogP contribution in [0.25, 0.3) is 0 Å². The molecule has 0 unspecified atom stereocenters. The molecule has 0 heterocycles. The van der Waals surface area contributed by atoms with E-state index >= 15 is 0 Å². The van der Waals surface area contributed by atoms with Crippen LogP contribution in [0.15, 0.2) is 23.3 Å². The summed E-state index contributed by atoms with van der Waals surface area (Å²) in [5.41, 5.74) is 2.78. The van der Waals surface area contributed by atoms with Gasteiger partial charge in [0.15, 0.2) is 0 Å². The largest absolute Gasteiger partial charge is 0.393 e. The molecule has 0 saturated heterocycles. The molecule has 0 fully saturated rings. The Kier molecular flexibility index (Phi) is 4.40. The highest BCUT2D eigenvalue weighted by Gasteiger charge is 2.19. The predicted molar refractivity (Wildman–Crippen MR) is 61.2 cm³/mol. The maximum absolute atomic E-state index is 9.94. The molecule has 14 heavy (non-hydrogen) atoms. The van der Waals surface area contributed by atoms with Gasteiger partial charge in [0.2, 0.25) is 0 Å². The Morgan fingerprint density at radius 3 is 2.86 bits per heavy atom. The van der Waals surface area contributed by atoms with Crippen LogP contribution in [-0.4, -0.2) is 11.2 Å². The summed E-state index contributed by atoms with van der Waals surface area (Å²) in [5, 5.41) is 9.94. The van der Waals surface area contributed by atoms with Crippen molar-refractivity contribution in [1.82, 2.24) is 0 Å². The Bertz CT molecular complexity index is 234. The first-order chi connectivity index (χ1) is 6.59. The maximum atomic E-state index is 9.94. The summed E-state index contributed by atoms with van der Waals surface area (Å²) in [6.45, 7) is 6.34. The normalized spacial score (nSPS) is 24.0. The fourth-order valence-corrected chi connectivity index (χ4v) is 1.88. The Labute approximate surface area is 87.5 Å². The van der Waals surface area contributed by atoms with Gasteiger partial charge < -0.3 is 5.11 Å². The molecule has 0 amide bonds. The van der Waals surface area contributed by atoms with Crippen molar-refractivity contribution in [3.63, 3.8) is 0 Å². The van der Waals surface area contributed by atoms with E-state index in [9.17, 15) is 5.11 Å². The topological polar surface area (TPSA) is 20.2 Å². The molecule has 2 atom stereocenters. The summed E-state index contributed by atoms with van der Waals surface area (Å²) in [6, 6.07) is 0. The van der Waals surface area contributed by atoms with Crippen molar-refractivity contribution in [1.29, 1.82) is 0 Å². The Morgan fingerprint density at radius 1 is 1.64 bits per heavy atom. The lowest BCUT2D eigenvalue weighted by molar-refractivity contribution is 0.104. The first-order valence-electron chi connectivity index (χ1n) is 5.56. The molecular formula is C13H22O. The van der Waals surface area contributed by atoms with Gasteiger partial charge in [-0.3, -0.25) is 0 Å². The summed E-state index contributed by atoms with van der Waals surface area (Å²) in [4.78, 5) is 0. The monoisotopic (exact) mass is 194 g/mol. The van der Waals surface area contributed by atoms with Crippen LogP contribution >= 0.6 is 0 Å². The van der Waals surface area contributed by atoms with Crippen molar-refractivity contribution in [2.24, 2.45) is 5.92 Å². The Balaban J connectivity index is 2.39.